The van der Waals surface area contributed by atoms with Gasteiger partial charge in [0, 0.05) is 18.0 Å². The van der Waals surface area contributed by atoms with Gasteiger partial charge in [-0.1, -0.05) is 13.0 Å². The van der Waals surface area contributed by atoms with Crippen LogP contribution >= 0.6 is 0 Å². The van der Waals surface area contributed by atoms with Gasteiger partial charge in [-0.25, -0.2) is 8.78 Å². The highest BCUT2D eigenvalue weighted by Crippen LogP contribution is 2.27. The van der Waals surface area contributed by atoms with E-state index >= 15 is 0 Å². The lowest BCUT2D eigenvalue weighted by molar-refractivity contribution is -0.137. The molecule has 3 N–H and O–H groups in total. The molecular formula is C12H15F2NO2. The van der Waals surface area contributed by atoms with Gasteiger partial charge >= 0.3 is 5.97 Å². The van der Waals surface area contributed by atoms with Crippen LogP contribution in [0.2, 0.25) is 0 Å². The van der Waals surface area contributed by atoms with Crippen molar-refractivity contribution in [3.63, 3.8) is 0 Å². The highest BCUT2D eigenvalue weighted by Gasteiger charge is 2.24. The van der Waals surface area contributed by atoms with Crippen molar-refractivity contribution in [3.05, 3.63) is 35.4 Å². The standard InChI is InChI=1S/C12H15F2NO2/c1-2-11(15)9(6-12(16)17)8-4-3-7(13)5-10(8)14/h3-5,9,11H,2,6,15H2,1H3,(H,16,17). The van der Waals surface area contributed by atoms with Crippen LogP contribution in [-0.2, 0) is 4.79 Å². The van der Waals surface area contributed by atoms with Gasteiger partial charge in [-0.15, -0.1) is 0 Å². The van der Waals surface area contributed by atoms with Gasteiger partial charge in [0.1, 0.15) is 11.6 Å². The highest BCUT2D eigenvalue weighted by atomic mass is 19.1. The van der Waals surface area contributed by atoms with Gasteiger partial charge in [0.05, 0.1) is 6.42 Å². The third-order valence-corrected chi connectivity index (χ3v) is 2.74. The molecular weight excluding hydrogens is 228 g/mol. The van der Waals surface area contributed by atoms with Gasteiger partial charge in [-0.3, -0.25) is 4.79 Å². The maximum absolute atomic E-state index is 13.6. The molecule has 0 radical (unpaired) electrons. The number of halogens is 2. The first-order valence-electron chi connectivity index (χ1n) is 5.38. The molecule has 3 nitrogen and oxygen atoms in total. The molecule has 0 heterocycles. The van der Waals surface area contributed by atoms with Crippen LogP contribution in [0.4, 0.5) is 8.78 Å². The third-order valence-electron chi connectivity index (χ3n) is 2.74. The predicted octanol–water partition coefficient (Wildman–Crippen LogP) is 2.26. The lowest BCUT2D eigenvalue weighted by Gasteiger charge is -2.22. The van der Waals surface area contributed by atoms with Crippen LogP contribution < -0.4 is 5.73 Å². The smallest absolute Gasteiger partial charge is 0.304 e. The Bertz CT molecular complexity index is 409. The lowest BCUT2D eigenvalue weighted by Crippen LogP contribution is -2.30. The number of hydrogen-bond acceptors (Lipinski definition) is 2. The van der Waals surface area contributed by atoms with Crippen molar-refractivity contribution in [3.8, 4) is 0 Å². The molecule has 0 saturated heterocycles. The Hall–Kier alpha value is -1.49. The molecule has 1 aromatic rings. The quantitative estimate of drug-likeness (QED) is 0.833. The average molecular weight is 243 g/mol. The van der Waals surface area contributed by atoms with E-state index in [2.05, 4.69) is 0 Å². The number of carbonyl (C=O) groups is 1. The van der Waals surface area contributed by atoms with Crippen molar-refractivity contribution in [2.75, 3.05) is 0 Å². The highest BCUT2D eigenvalue weighted by molar-refractivity contribution is 5.68. The maximum Gasteiger partial charge on any atom is 0.304 e. The fraction of sp³-hybridized carbons (Fsp3) is 0.417. The first kappa shape index (κ1) is 13.6. The molecule has 0 spiro atoms. The Morgan fingerprint density at radius 2 is 2.12 bits per heavy atom. The summed E-state index contributed by atoms with van der Waals surface area (Å²) in [6, 6.07) is 2.64. The summed E-state index contributed by atoms with van der Waals surface area (Å²) in [5.74, 6) is -3.13. The van der Waals surface area contributed by atoms with Crippen molar-refractivity contribution >= 4 is 5.97 Å². The Kier molecular flexibility index (Phi) is 4.57. The van der Waals surface area contributed by atoms with E-state index in [-0.39, 0.29) is 12.0 Å². The minimum absolute atomic E-state index is 0.156. The Labute approximate surface area is 98.2 Å². The van der Waals surface area contributed by atoms with Gasteiger partial charge in [0.2, 0.25) is 0 Å². The predicted molar refractivity (Wildman–Crippen MR) is 59.6 cm³/mol. The van der Waals surface area contributed by atoms with E-state index in [1.54, 1.807) is 6.92 Å². The van der Waals surface area contributed by atoms with Gasteiger partial charge in [-0.2, -0.15) is 0 Å². The monoisotopic (exact) mass is 243 g/mol. The molecule has 0 aliphatic rings. The molecule has 0 aliphatic carbocycles. The number of nitrogens with two attached hydrogens (primary N) is 1. The first-order chi connectivity index (χ1) is 7.95. The van der Waals surface area contributed by atoms with Crippen molar-refractivity contribution < 1.29 is 18.7 Å². The fourth-order valence-electron chi connectivity index (χ4n) is 1.77. The van der Waals surface area contributed by atoms with Crippen LogP contribution in [-0.4, -0.2) is 17.1 Å². The molecule has 0 fully saturated rings. The number of hydrogen-bond donors (Lipinski definition) is 2. The molecule has 1 aromatic carbocycles. The molecule has 17 heavy (non-hydrogen) atoms. The molecule has 0 aliphatic heterocycles. The summed E-state index contributed by atoms with van der Waals surface area (Å²) >= 11 is 0. The van der Waals surface area contributed by atoms with Crippen LogP contribution in [0.25, 0.3) is 0 Å². The van der Waals surface area contributed by atoms with E-state index in [0.29, 0.717) is 6.42 Å². The van der Waals surface area contributed by atoms with Gasteiger partial charge in [0.15, 0.2) is 0 Å². The van der Waals surface area contributed by atoms with Gasteiger partial charge in [-0.05, 0) is 18.1 Å². The van der Waals surface area contributed by atoms with Crippen LogP contribution in [0.3, 0.4) is 0 Å². The summed E-state index contributed by atoms with van der Waals surface area (Å²) in [5, 5.41) is 8.78. The summed E-state index contributed by atoms with van der Waals surface area (Å²) in [6.07, 6.45) is 0.256. The van der Waals surface area contributed by atoms with Crippen molar-refractivity contribution in [2.24, 2.45) is 5.73 Å². The second-order valence-corrected chi connectivity index (χ2v) is 3.94. The van der Waals surface area contributed by atoms with Crippen LogP contribution in [0, 0.1) is 11.6 Å². The number of aliphatic carboxylic acids is 1. The van der Waals surface area contributed by atoms with E-state index in [9.17, 15) is 13.6 Å². The lowest BCUT2D eigenvalue weighted by atomic mass is 9.87. The largest absolute Gasteiger partial charge is 0.481 e. The number of rotatable bonds is 5. The third kappa shape index (κ3) is 3.49. The van der Waals surface area contributed by atoms with Crippen molar-refractivity contribution in [1.82, 2.24) is 0 Å². The molecule has 1 rings (SSSR count). The van der Waals surface area contributed by atoms with Crippen LogP contribution in [0.15, 0.2) is 18.2 Å². The first-order valence-corrected chi connectivity index (χ1v) is 5.38. The SMILES string of the molecule is CCC(N)C(CC(=O)O)c1ccc(F)cc1F. The molecule has 94 valence electrons. The maximum atomic E-state index is 13.6. The number of carboxylic acid groups (broad SMARTS) is 1. The second-order valence-electron chi connectivity index (χ2n) is 3.94. The normalized spacial score (nSPS) is 14.4. The number of benzene rings is 1. The van der Waals surface area contributed by atoms with Crippen molar-refractivity contribution in [2.45, 2.75) is 31.7 Å². The van der Waals surface area contributed by atoms with E-state index in [1.165, 1.54) is 6.07 Å². The Morgan fingerprint density at radius 1 is 1.47 bits per heavy atom. The molecule has 2 unspecified atom stereocenters. The average Bonchev–Trinajstić information content (AvgIpc) is 2.25. The van der Waals surface area contributed by atoms with E-state index in [0.717, 1.165) is 12.1 Å². The van der Waals surface area contributed by atoms with Gasteiger partial charge in [0.25, 0.3) is 0 Å². The fourth-order valence-corrected chi connectivity index (χ4v) is 1.77. The molecule has 0 bridgehead atoms. The second kappa shape index (κ2) is 5.72. The minimum atomic E-state index is -1.05. The summed E-state index contributed by atoms with van der Waals surface area (Å²) in [4.78, 5) is 10.7. The Balaban J connectivity index is 3.07. The van der Waals surface area contributed by atoms with E-state index < -0.39 is 29.6 Å². The van der Waals surface area contributed by atoms with Crippen LogP contribution in [0.5, 0.6) is 0 Å². The number of carboxylic acids is 1. The summed E-state index contributed by atoms with van der Waals surface area (Å²) in [5.41, 5.74) is 5.94. The zero-order valence-electron chi connectivity index (χ0n) is 9.49. The molecule has 5 heteroatoms. The molecule has 0 amide bonds. The van der Waals surface area contributed by atoms with Gasteiger partial charge < -0.3 is 10.8 Å². The zero-order valence-corrected chi connectivity index (χ0v) is 9.49. The van der Waals surface area contributed by atoms with E-state index in [4.69, 9.17) is 10.8 Å². The molecule has 2 atom stereocenters. The van der Waals surface area contributed by atoms with Crippen molar-refractivity contribution in [1.29, 1.82) is 0 Å². The summed E-state index contributed by atoms with van der Waals surface area (Å²) in [7, 11) is 0. The molecule has 0 saturated carbocycles. The molecule has 0 aromatic heterocycles. The van der Waals surface area contributed by atoms with Crippen LogP contribution in [0.1, 0.15) is 31.2 Å². The minimum Gasteiger partial charge on any atom is -0.481 e. The summed E-state index contributed by atoms with van der Waals surface area (Å²) in [6.45, 7) is 1.79. The zero-order chi connectivity index (χ0) is 13.0. The van der Waals surface area contributed by atoms with E-state index in [1.807, 2.05) is 0 Å². The summed E-state index contributed by atoms with van der Waals surface area (Å²) < 4.78 is 26.3. The topological polar surface area (TPSA) is 63.3 Å². The Morgan fingerprint density at radius 3 is 2.59 bits per heavy atom.